The number of aliphatic hydroxyl groups excluding tert-OH is 1. The van der Waals surface area contributed by atoms with Crippen LogP contribution in [0.4, 0.5) is 0 Å². The molecule has 0 bridgehead atoms. The van der Waals surface area contributed by atoms with E-state index in [9.17, 15) is 14.7 Å². The third-order valence-corrected chi connectivity index (χ3v) is 4.43. The highest BCUT2D eigenvalue weighted by Gasteiger charge is 2.44. The number of rotatable bonds is 2. The Balaban J connectivity index is 2.42. The summed E-state index contributed by atoms with van der Waals surface area (Å²) < 4.78 is 11.0. The van der Waals surface area contributed by atoms with Crippen molar-refractivity contribution in [1.29, 1.82) is 0 Å². The van der Waals surface area contributed by atoms with E-state index in [1.165, 1.54) is 0 Å². The fourth-order valence-electron chi connectivity index (χ4n) is 2.93. The second-order valence-corrected chi connectivity index (χ2v) is 6.56. The average molecular weight is 332 g/mol. The van der Waals surface area contributed by atoms with Crippen LogP contribution in [0.15, 0.2) is 47.6 Å². The topological polar surface area (TPSA) is 72.8 Å². The van der Waals surface area contributed by atoms with Crippen LogP contribution in [0, 0.1) is 5.92 Å². The third kappa shape index (κ3) is 3.85. The third-order valence-electron chi connectivity index (χ3n) is 4.43. The highest BCUT2D eigenvalue weighted by molar-refractivity contribution is 5.91. The molecule has 130 valence electrons. The predicted octanol–water partition coefficient (Wildman–Crippen LogP) is 2.62. The van der Waals surface area contributed by atoms with Gasteiger partial charge in [-0.05, 0) is 38.8 Å². The van der Waals surface area contributed by atoms with Gasteiger partial charge in [-0.25, -0.2) is 9.59 Å². The fourth-order valence-corrected chi connectivity index (χ4v) is 2.93. The molecule has 2 rings (SSSR count). The number of aliphatic hydroxyl groups is 1. The van der Waals surface area contributed by atoms with Crippen molar-refractivity contribution < 1.29 is 24.2 Å². The molecule has 0 aromatic heterocycles. The summed E-state index contributed by atoms with van der Waals surface area (Å²) in [7, 11) is 0. The van der Waals surface area contributed by atoms with Gasteiger partial charge in [-0.15, -0.1) is 0 Å². The number of hydrogen-bond donors (Lipinski definition) is 1. The summed E-state index contributed by atoms with van der Waals surface area (Å²) in [6.07, 6.45) is 2.73. The lowest BCUT2D eigenvalue weighted by Gasteiger charge is -2.28. The zero-order chi connectivity index (χ0) is 18.0. The van der Waals surface area contributed by atoms with Crippen LogP contribution in [0.3, 0.4) is 0 Å². The van der Waals surface area contributed by atoms with Crippen LogP contribution in [-0.2, 0) is 19.1 Å². The van der Waals surface area contributed by atoms with Crippen molar-refractivity contribution in [3.8, 4) is 0 Å². The first-order valence-corrected chi connectivity index (χ1v) is 7.99. The molecular weight excluding hydrogens is 308 g/mol. The molecule has 24 heavy (non-hydrogen) atoms. The van der Waals surface area contributed by atoms with Gasteiger partial charge in [0.25, 0.3) is 0 Å². The summed E-state index contributed by atoms with van der Waals surface area (Å²) in [5.41, 5.74) is 2.26. The fraction of sp³-hybridized carbons (Fsp3) is 0.474. The van der Waals surface area contributed by atoms with Gasteiger partial charge >= 0.3 is 11.9 Å². The molecule has 0 radical (unpaired) electrons. The zero-order valence-corrected chi connectivity index (χ0v) is 14.4. The molecule has 1 aliphatic carbocycles. The molecule has 4 atom stereocenters. The molecule has 0 spiro atoms. The van der Waals surface area contributed by atoms with Gasteiger partial charge in [0.1, 0.15) is 12.2 Å². The van der Waals surface area contributed by atoms with Gasteiger partial charge < -0.3 is 14.6 Å². The van der Waals surface area contributed by atoms with E-state index in [4.69, 9.17) is 9.47 Å². The van der Waals surface area contributed by atoms with E-state index < -0.39 is 36.2 Å². The maximum atomic E-state index is 12.0. The van der Waals surface area contributed by atoms with Gasteiger partial charge in [-0.1, -0.05) is 24.8 Å². The molecule has 5 nitrogen and oxygen atoms in total. The van der Waals surface area contributed by atoms with Crippen molar-refractivity contribution in [2.75, 3.05) is 0 Å². The molecule has 1 fully saturated rings. The van der Waals surface area contributed by atoms with E-state index in [1.807, 2.05) is 13.0 Å². The van der Waals surface area contributed by atoms with E-state index in [2.05, 4.69) is 13.2 Å². The number of hydrogen-bond acceptors (Lipinski definition) is 5. The van der Waals surface area contributed by atoms with E-state index in [1.54, 1.807) is 19.9 Å². The van der Waals surface area contributed by atoms with Gasteiger partial charge in [0.05, 0.1) is 12.0 Å². The lowest BCUT2D eigenvalue weighted by atomic mass is 9.85. The second-order valence-electron chi connectivity index (χ2n) is 6.56. The minimum atomic E-state index is -0.636. The Morgan fingerprint density at radius 1 is 1.42 bits per heavy atom. The Morgan fingerprint density at radius 2 is 2.08 bits per heavy atom. The molecule has 1 N–H and O–H groups in total. The van der Waals surface area contributed by atoms with Gasteiger partial charge in [0.2, 0.25) is 0 Å². The predicted molar refractivity (Wildman–Crippen MR) is 90.0 cm³/mol. The van der Waals surface area contributed by atoms with Crippen LogP contribution < -0.4 is 0 Å². The van der Waals surface area contributed by atoms with Gasteiger partial charge in [-0.3, -0.25) is 0 Å². The van der Waals surface area contributed by atoms with Crippen LogP contribution >= 0.6 is 0 Å². The van der Waals surface area contributed by atoms with Gasteiger partial charge in [0, 0.05) is 17.6 Å². The maximum Gasteiger partial charge on any atom is 0.334 e. The van der Waals surface area contributed by atoms with Crippen molar-refractivity contribution in [2.24, 2.45) is 5.92 Å². The SMILES string of the molecule is C=C(C)C(=O)O[C@H]1C/C(C)=C/C[C@H](O)/C(C)=C\[C@@H]2OC(=O)C(=C)[C@@H]21. The minimum absolute atomic E-state index is 0.284. The van der Waals surface area contributed by atoms with E-state index in [0.29, 0.717) is 24.0 Å². The first-order chi connectivity index (χ1) is 11.2. The molecule has 0 aromatic rings. The molecule has 5 heteroatoms. The average Bonchev–Trinajstić information content (AvgIpc) is 2.77. The van der Waals surface area contributed by atoms with E-state index >= 15 is 0 Å². The van der Waals surface area contributed by atoms with E-state index in [0.717, 1.165) is 5.57 Å². The Labute approximate surface area is 142 Å². The monoisotopic (exact) mass is 332 g/mol. The van der Waals surface area contributed by atoms with Crippen molar-refractivity contribution in [1.82, 2.24) is 0 Å². The zero-order valence-electron chi connectivity index (χ0n) is 14.4. The number of carbonyl (C=O) groups excluding carboxylic acids is 2. The van der Waals surface area contributed by atoms with Crippen LogP contribution in [0.25, 0.3) is 0 Å². The van der Waals surface area contributed by atoms with Gasteiger partial charge in [0.15, 0.2) is 0 Å². The van der Waals surface area contributed by atoms with Crippen LogP contribution in [0.1, 0.15) is 33.6 Å². The van der Waals surface area contributed by atoms with Gasteiger partial charge in [-0.2, -0.15) is 0 Å². The molecule has 2 aliphatic rings. The summed E-state index contributed by atoms with van der Waals surface area (Å²) in [5, 5.41) is 10.2. The summed E-state index contributed by atoms with van der Waals surface area (Å²) in [6.45, 7) is 12.7. The Kier molecular flexibility index (Phi) is 5.44. The number of esters is 2. The molecule has 0 unspecified atom stereocenters. The minimum Gasteiger partial charge on any atom is -0.458 e. The first kappa shape index (κ1) is 18.2. The Hall–Kier alpha value is -2.14. The van der Waals surface area contributed by atoms with E-state index in [-0.39, 0.29) is 5.57 Å². The quantitative estimate of drug-likeness (QED) is 0.478. The number of ether oxygens (including phenoxy) is 2. The first-order valence-electron chi connectivity index (χ1n) is 7.99. The second kappa shape index (κ2) is 7.18. The summed E-state index contributed by atoms with van der Waals surface area (Å²) in [6, 6.07) is 0. The normalized spacial score (nSPS) is 35.0. The maximum absolute atomic E-state index is 12.0. The molecule has 1 saturated heterocycles. The number of fused-ring (bicyclic) bond motifs is 1. The smallest absolute Gasteiger partial charge is 0.334 e. The molecule has 1 aliphatic heterocycles. The standard InChI is InChI=1S/C19H24O5/c1-10(2)18(21)23-15-8-11(3)6-7-14(20)12(4)9-16-17(15)13(5)19(22)24-16/h6,9,14-17,20H,1,5,7-8H2,2-4H3/b11-6+,12-9-/t14-,15-,16-,17+/m0/s1. The van der Waals surface area contributed by atoms with Crippen molar-refractivity contribution in [2.45, 2.75) is 51.9 Å². The lowest BCUT2D eigenvalue weighted by Crippen LogP contribution is -2.34. The van der Waals surface area contributed by atoms with Crippen LogP contribution in [0.5, 0.6) is 0 Å². The van der Waals surface area contributed by atoms with Crippen molar-refractivity contribution >= 4 is 11.9 Å². The van der Waals surface area contributed by atoms with Crippen molar-refractivity contribution in [3.63, 3.8) is 0 Å². The summed E-state index contributed by atoms with van der Waals surface area (Å²) in [5.74, 6) is -1.48. The molecule has 0 saturated carbocycles. The Morgan fingerprint density at radius 3 is 2.71 bits per heavy atom. The Bertz CT molecular complexity index is 640. The van der Waals surface area contributed by atoms with Crippen molar-refractivity contribution in [3.05, 3.63) is 47.6 Å². The molecular formula is C19H24O5. The molecule has 0 amide bonds. The highest BCUT2D eigenvalue weighted by Crippen LogP contribution is 2.36. The largest absolute Gasteiger partial charge is 0.458 e. The summed E-state index contributed by atoms with van der Waals surface area (Å²) >= 11 is 0. The molecule has 0 aromatic carbocycles. The van der Waals surface area contributed by atoms with Crippen LogP contribution in [0.2, 0.25) is 0 Å². The molecule has 1 heterocycles. The number of carbonyl (C=O) groups is 2. The van der Waals surface area contributed by atoms with Crippen LogP contribution in [-0.4, -0.2) is 35.4 Å². The highest BCUT2D eigenvalue weighted by atomic mass is 16.6. The summed E-state index contributed by atoms with van der Waals surface area (Å²) in [4.78, 5) is 24.0. The lowest BCUT2D eigenvalue weighted by molar-refractivity contribution is -0.147.